The number of carbonyl (C=O) groups excluding carboxylic acids is 3. The summed E-state index contributed by atoms with van der Waals surface area (Å²) in [4.78, 5) is 34.2. The van der Waals surface area contributed by atoms with Crippen LogP contribution in [0.1, 0.15) is 10.4 Å². The Bertz CT molecular complexity index is 652. The molecule has 9 heteroatoms. The largest absolute Gasteiger partial charge is 0.466 e. The third-order valence-corrected chi connectivity index (χ3v) is 2.57. The number of para-hydroxylation sites is 1. The predicted octanol–water partition coefficient (Wildman–Crippen LogP) is 2.07. The number of benzene rings is 1. The van der Waals surface area contributed by atoms with E-state index in [0.29, 0.717) is 6.08 Å². The molecule has 1 aromatic carbocycles. The number of hydrogen-bond donors (Lipinski definition) is 1. The fourth-order valence-electron chi connectivity index (χ4n) is 1.52. The van der Waals surface area contributed by atoms with E-state index in [-0.39, 0.29) is 5.69 Å². The van der Waals surface area contributed by atoms with Crippen molar-refractivity contribution in [2.45, 2.75) is 6.18 Å². The minimum Gasteiger partial charge on any atom is -0.466 e. The number of alkyl halides is 3. The minimum absolute atomic E-state index is 0.310. The number of ether oxygens (including phenoxy) is 2. The lowest BCUT2D eigenvalue weighted by Crippen LogP contribution is -2.24. The Labute approximate surface area is 128 Å². The molecule has 1 aromatic rings. The normalized spacial score (nSPS) is 11.6. The average Bonchev–Trinajstić information content (AvgIpc) is 2.52. The number of Topliss-reactive ketones (excluding diaryl/α,β-unsaturated/α-hetero) is 1. The van der Waals surface area contributed by atoms with Crippen LogP contribution < -0.4 is 5.32 Å². The smallest absolute Gasteiger partial charge is 0.454 e. The van der Waals surface area contributed by atoms with Gasteiger partial charge in [-0.25, -0.2) is 9.59 Å². The van der Waals surface area contributed by atoms with Crippen molar-refractivity contribution in [2.75, 3.05) is 19.5 Å². The maximum absolute atomic E-state index is 12.6. The molecule has 0 radical (unpaired) electrons. The van der Waals surface area contributed by atoms with Crippen LogP contribution in [0.25, 0.3) is 0 Å². The van der Waals surface area contributed by atoms with Gasteiger partial charge >= 0.3 is 18.1 Å². The summed E-state index contributed by atoms with van der Waals surface area (Å²) in [6.07, 6.45) is -4.39. The van der Waals surface area contributed by atoms with Crippen molar-refractivity contribution in [3.8, 4) is 0 Å². The van der Waals surface area contributed by atoms with Gasteiger partial charge in [-0.2, -0.15) is 13.2 Å². The maximum Gasteiger partial charge on any atom is 0.454 e. The quantitative estimate of drug-likeness (QED) is 0.505. The molecule has 0 saturated heterocycles. The second kappa shape index (κ2) is 7.43. The molecule has 0 atom stereocenters. The lowest BCUT2D eigenvalue weighted by Gasteiger charge is -2.13. The van der Waals surface area contributed by atoms with E-state index in [4.69, 9.17) is 0 Å². The molecule has 0 aliphatic rings. The van der Waals surface area contributed by atoms with E-state index in [1.54, 1.807) is 0 Å². The molecule has 124 valence electrons. The zero-order chi connectivity index (χ0) is 17.6. The molecule has 0 aliphatic carbocycles. The maximum atomic E-state index is 12.6. The summed E-state index contributed by atoms with van der Waals surface area (Å²) in [5.41, 5.74) is -1.50. The van der Waals surface area contributed by atoms with Gasteiger partial charge in [0.2, 0.25) is 0 Å². The number of halogens is 3. The Morgan fingerprint density at radius 2 is 1.70 bits per heavy atom. The highest BCUT2D eigenvalue weighted by Gasteiger charge is 2.40. The zero-order valence-electron chi connectivity index (χ0n) is 12.1. The molecule has 0 spiro atoms. The van der Waals surface area contributed by atoms with Gasteiger partial charge < -0.3 is 14.8 Å². The molecule has 0 heterocycles. The van der Waals surface area contributed by atoms with Crippen LogP contribution in [0.2, 0.25) is 0 Å². The summed E-state index contributed by atoms with van der Waals surface area (Å²) < 4.78 is 46.5. The highest BCUT2D eigenvalue weighted by molar-refractivity contribution is 6.06. The summed E-state index contributed by atoms with van der Waals surface area (Å²) in [7, 11) is 2.07. The Morgan fingerprint density at radius 3 is 2.22 bits per heavy atom. The first kappa shape index (κ1) is 18.2. The molecular formula is C14H12F3NO5. The summed E-state index contributed by atoms with van der Waals surface area (Å²) in [6, 6.07) is 4.66. The van der Waals surface area contributed by atoms with Crippen LogP contribution in [0.3, 0.4) is 0 Å². The first-order chi connectivity index (χ1) is 10.7. The third kappa shape index (κ3) is 4.83. The van der Waals surface area contributed by atoms with Gasteiger partial charge in [0.15, 0.2) is 0 Å². The Hall–Kier alpha value is -2.84. The fraction of sp³-hybridized carbons (Fsp3) is 0.214. The zero-order valence-corrected chi connectivity index (χ0v) is 12.1. The summed E-state index contributed by atoms with van der Waals surface area (Å²) in [5, 5.41) is 2.28. The van der Waals surface area contributed by atoms with E-state index < -0.39 is 35.2 Å². The third-order valence-electron chi connectivity index (χ3n) is 2.57. The van der Waals surface area contributed by atoms with Crippen LogP contribution >= 0.6 is 0 Å². The SMILES string of the molecule is COC(=O)/C=C(/Nc1ccccc1C(=O)C(F)(F)F)C(=O)OC. The topological polar surface area (TPSA) is 81.7 Å². The molecule has 0 saturated carbocycles. The van der Waals surface area contributed by atoms with Crippen molar-refractivity contribution in [2.24, 2.45) is 0 Å². The van der Waals surface area contributed by atoms with Gasteiger partial charge in [0.1, 0.15) is 5.70 Å². The van der Waals surface area contributed by atoms with E-state index in [1.165, 1.54) is 12.1 Å². The van der Waals surface area contributed by atoms with E-state index in [0.717, 1.165) is 26.4 Å². The minimum atomic E-state index is -5.09. The molecule has 0 unspecified atom stereocenters. The van der Waals surface area contributed by atoms with E-state index in [1.807, 2.05) is 0 Å². The second-order valence-electron chi connectivity index (χ2n) is 4.07. The molecule has 1 N–H and O–H groups in total. The van der Waals surface area contributed by atoms with Crippen LogP contribution in [0.5, 0.6) is 0 Å². The molecule has 6 nitrogen and oxygen atoms in total. The Balaban J connectivity index is 3.25. The van der Waals surface area contributed by atoms with Gasteiger partial charge in [-0.15, -0.1) is 0 Å². The number of rotatable bonds is 5. The first-order valence-electron chi connectivity index (χ1n) is 6.06. The molecule has 0 fully saturated rings. The van der Waals surface area contributed by atoms with Gasteiger partial charge in [-0.05, 0) is 12.1 Å². The molecule has 0 aliphatic heterocycles. The van der Waals surface area contributed by atoms with Crippen molar-refractivity contribution in [1.82, 2.24) is 0 Å². The van der Waals surface area contributed by atoms with E-state index in [2.05, 4.69) is 14.8 Å². The first-order valence-corrected chi connectivity index (χ1v) is 6.06. The van der Waals surface area contributed by atoms with Crippen molar-refractivity contribution < 1.29 is 37.0 Å². The summed E-state index contributed by atoms with van der Waals surface area (Å²) >= 11 is 0. The Kier molecular flexibility index (Phi) is 5.88. The van der Waals surface area contributed by atoms with Crippen LogP contribution in [-0.4, -0.2) is 38.1 Å². The molecule has 0 amide bonds. The summed E-state index contributed by atoms with van der Waals surface area (Å²) in [5.74, 6) is -4.05. The number of carbonyl (C=O) groups is 3. The molecule has 1 rings (SSSR count). The number of hydrogen-bond acceptors (Lipinski definition) is 6. The number of esters is 2. The fourth-order valence-corrected chi connectivity index (χ4v) is 1.52. The van der Waals surface area contributed by atoms with E-state index >= 15 is 0 Å². The van der Waals surface area contributed by atoms with Gasteiger partial charge in [0.05, 0.1) is 25.9 Å². The molecular weight excluding hydrogens is 319 g/mol. The van der Waals surface area contributed by atoms with Crippen LogP contribution in [-0.2, 0) is 19.1 Å². The van der Waals surface area contributed by atoms with Crippen LogP contribution in [0.15, 0.2) is 36.0 Å². The Morgan fingerprint density at radius 1 is 1.09 bits per heavy atom. The molecule has 23 heavy (non-hydrogen) atoms. The standard InChI is InChI=1S/C14H12F3NO5/c1-22-11(19)7-10(13(21)23-2)18-9-6-4-3-5-8(9)12(20)14(15,16)17/h3-7,18H,1-2H3/b10-7+. The highest BCUT2D eigenvalue weighted by atomic mass is 19.4. The average molecular weight is 331 g/mol. The van der Waals surface area contributed by atoms with Crippen molar-refractivity contribution in [3.63, 3.8) is 0 Å². The van der Waals surface area contributed by atoms with Gasteiger partial charge in [-0.3, -0.25) is 4.79 Å². The monoisotopic (exact) mass is 331 g/mol. The second-order valence-corrected chi connectivity index (χ2v) is 4.07. The lowest BCUT2D eigenvalue weighted by atomic mass is 10.1. The van der Waals surface area contributed by atoms with Gasteiger partial charge in [0.25, 0.3) is 5.78 Å². The van der Waals surface area contributed by atoms with Gasteiger partial charge in [-0.1, -0.05) is 12.1 Å². The number of methoxy groups -OCH3 is 2. The van der Waals surface area contributed by atoms with Gasteiger partial charge in [0, 0.05) is 5.69 Å². The highest BCUT2D eigenvalue weighted by Crippen LogP contribution is 2.27. The summed E-state index contributed by atoms with van der Waals surface area (Å²) in [6.45, 7) is 0. The number of anilines is 1. The molecule has 0 aromatic heterocycles. The number of ketones is 1. The van der Waals surface area contributed by atoms with Crippen LogP contribution in [0, 0.1) is 0 Å². The van der Waals surface area contributed by atoms with Crippen LogP contribution in [0.4, 0.5) is 18.9 Å². The number of nitrogens with one attached hydrogen (secondary N) is 1. The van der Waals surface area contributed by atoms with Crippen molar-refractivity contribution in [1.29, 1.82) is 0 Å². The lowest BCUT2D eigenvalue weighted by molar-refractivity contribution is -0.138. The van der Waals surface area contributed by atoms with Crippen molar-refractivity contribution >= 4 is 23.4 Å². The van der Waals surface area contributed by atoms with Crippen molar-refractivity contribution in [3.05, 3.63) is 41.6 Å². The predicted molar refractivity (Wildman–Crippen MR) is 72.6 cm³/mol. The molecule has 0 bridgehead atoms. The van der Waals surface area contributed by atoms with E-state index in [9.17, 15) is 27.6 Å².